The van der Waals surface area contributed by atoms with E-state index in [0.29, 0.717) is 29.9 Å². The summed E-state index contributed by atoms with van der Waals surface area (Å²) in [5, 5.41) is 9.75. The van der Waals surface area contributed by atoms with Crippen LogP contribution in [0.3, 0.4) is 0 Å². The van der Waals surface area contributed by atoms with Gasteiger partial charge >= 0.3 is 6.09 Å². The monoisotopic (exact) mass is 496 g/mol. The van der Waals surface area contributed by atoms with Gasteiger partial charge in [0.2, 0.25) is 0 Å². The number of aromatic nitrogens is 3. The van der Waals surface area contributed by atoms with Gasteiger partial charge in [-0.05, 0) is 93.8 Å². The molecule has 5 rings (SSSR count). The lowest BCUT2D eigenvalue weighted by atomic mass is 9.78. The average Bonchev–Trinajstić information content (AvgIpc) is 3.14. The van der Waals surface area contributed by atoms with Crippen LogP contribution < -0.4 is 0 Å². The molecule has 0 saturated heterocycles. The fraction of sp³-hybridized carbons (Fsp3) is 0.444. The maximum atomic E-state index is 13.3. The molecule has 0 spiro atoms. The number of amides is 1. The van der Waals surface area contributed by atoms with E-state index < -0.39 is 5.60 Å². The molecule has 2 heterocycles. The highest BCUT2D eigenvalue weighted by molar-refractivity contribution is 6.30. The third-order valence-electron chi connectivity index (χ3n) is 6.82. The van der Waals surface area contributed by atoms with E-state index in [2.05, 4.69) is 14.8 Å². The predicted octanol–water partition coefficient (Wildman–Crippen LogP) is 6.75. The van der Waals surface area contributed by atoms with Gasteiger partial charge in [-0.1, -0.05) is 23.7 Å². The molecule has 1 aliphatic heterocycles. The molecule has 1 saturated carbocycles. The Balaban J connectivity index is 1.43. The molecule has 1 aliphatic carbocycles. The summed E-state index contributed by atoms with van der Waals surface area (Å²) < 4.78 is 21.1. The molecule has 8 heteroatoms. The normalized spacial score (nSPS) is 20.1. The Morgan fingerprint density at radius 3 is 2.37 bits per heavy atom. The third kappa shape index (κ3) is 5.06. The quantitative estimate of drug-likeness (QED) is 0.393. The van der Waals surface area contributed by atoms with E-state index in [1.807, 2.05) is 51.1 Å². The van der Waals surface area contributed by atoms with E-state index in [1.54, 1.807) is 4.90 Å². The Hall–Kier alpha value is -2.93. The fourth-order valence-corrected chi connectivity index (χ4v) is 5.36. The molecule has 0 radical (unpaired) electrons. The van der Waals surface area contributed by atoms with Gasteiger partial charge in [-0.2, -0.15) is 0 Å². The Kier molecular flexibility index (Phi) is 6.30. The largest absolute Gasteiger partial charge is 0.444 e. The van der Waals surface area contributed by atoms with Gasteiger partial charge in [0.25, 0.3) is 0 Å². The van der Waals surface area contributed by atoms with Crippen molar-refractivity contribution in [2.24, 2.45) is 0 Å². The molecule has 3 aromatic rings. The maximum absolute atomic E-state index is 13.3. The molecule has 184 valence electrons. The van der Waals surface area contributed by atoms with E-state index in [0.717, 1.165) is 42.8 Å². The molecule has 1 fully saturated rings. The van der Waals surface area contributed by atoms with Crippen molar-refractivity contribution in [1.29, 1.82) is 0 Å². The first-order chi connectivity index (χ1) is 16.7. The summed E-state index contributed by atoms with van der Waals surface area (Å²) >= 11 is 6.34. The number of halogens is 2. The summed E-state index contributed by atoms with van der Waals surface area (Å²) in [6.07, 6.45) is 3.57. The van der Waals surface area contributed by atoms with Crippen LogP contribution >= 0.6 is 11.6 Å². The zero-order valence-corrected chi connectivity index (χ0v) is 21.1. The number of carbonyl (C=O) groups is 1. The maximum Gasteiger partial charge on any atom is 0.411 e. The van der Waals surface area contributed by atoms with E-state index in [4.69, 9.17) is 16.3 Å². The molecule has 2 aromatic carbocycles. The number of hydrogen-bond acceptors (Lipinski definition) is 4. The third-order valence-corrected chi connectivity index (χ3v) is 7.05. The molecule has 1 aromatic heterocycles. The van der Waals surface area contributed by atoms with Crippen molar-refractivity contribution in [3.63, 3.8) is 0 Å². The number of ether oxygens (including phenoxy) is 1. The minimum Gasteiger partial charge on any atom is -0.444 e. The SMILES string of the molecule is CC(C)(C)OC(=O)N1Cc2cc(Cl)ccc2-n2c(nnc2C2CCC(c3ccc(F)cc3)CC2)C1. The first-order valence-corrected chi connectivity index (χ1v) is 12.5. The Morgan fingerprint density at radius 2 is 1.69 bits per heavy atom. The van der Waals surface area contributed by atoms with Crippen LogP contribution in [0.25, 0.3) is 5.69 Å². The Morgan fingerprint density at radius 1 is 1.00 bits per heavy atom. The van der Waals surface area contributed by atoms with Crippen LogP contribution in [0.1, 0.15) is 81.1 Å². The summed E-state index contributed by atoms with van der Waals surface area (Å²) in [6, 6.07) is 12.6. The van der Waals surface area contributed by atoms with E-state index in [-0.39, 0.29) is 17.8 Å². The zero-order valence-electron chi connectivity index (χ0n) is 20.3. The van der Waals surface area contributed by atoms with Crippen molar-refractivity contribution >= 4 is 17.7 Å². The minimum absolute atomic E-state index is 0.201. The van der Waals surface area contributed by atoms with Crippen molar-refractivity contribution in [2.75, 3.05) is 0 Å². The first-order valence-electron chi connectivity index (χ1n) is 12.1. The molecular formula is C27H30ClFN4O2. The van der Waals surface area contributed by atoms with E-state index >= 15 is 0 Å². The van der Waals surface area contributed by atoms with Gasteiger partial charge in [-0.3, -0.25) is 9.47 Å². The fourth-order valence-electron chi connectivity index (χ4n) is 5.17. The molecule has 0 N–H and O–H groups in total. The van der Waals surface area contributed by atoms with Gasteiger partial charge in [0.15, 0.2) is 5.82 Å². The Labute approximate surface area is 210 Å². The number of benzene rings is 2. The van der Waals surface area contributed by atoms with Gasteiger partial charge in [0, 0.05) is 10.9 Å². The van der Waals surface area contributed by atoms with Crippen LogP contribution in [0, 0.1) is 5.82 Å². The number of nitrogens with zero attached hydrogens (tertiary/aromatic N) is 4. The highest BCUT2D eigenvalue weighted by Gasteiger charge is 2.33. The van der Waals surface area contributed by atoms with Gasteiger partial charge in [0.05, 0.1) is 18.8 Å². The highest BCUT2D eigenvalue weighted by Crippen LogP contribution is 2.41. The minimum atomic E-state index is -0.595. The van der Waals surface area contributed by atoms with E-state index in [9.17, 15) is 9.18 Å². The van der Waals surface area contributed by atoms with Crippen LogP contribution in [0.5, 0.6) is 0 Å². The van der Waals surface area contributed by atoms with Crippen molar-refractivity contribution in [3.05, 3.63) is 76.1 Å². The lowest BCUT2D eigenvalue weighted by Crippen LogP contribution is -2.35. The summed E-state index contributed by atoms with van der Waals surface area (Å²) in [7, 11) is 0. The van der Waals surface area contributed by atoms with Gasteiger partial charge < -0.3 is 4.74 Å². The molecule has 2 aliphatic rings. The molecule has 6 nitrogen and oxygen atoms in total. The number of fused-ring (bicyclic) bond motifs is 3. The van der Waals surface area contributed by atoms with Gasteiger partial charge in [-0.15, -0.1) is 10.2 Å². The van der Waals surface area contributed by atoms with Crippen molar-refractivity contribution < 1.29 is 13.9 Å². The van der Waals surface area contributed by atoms with Crippen LogP contribution in [-0.4, -0.2) is 31.4 Å². The summed E-state index contributed by atoms with van der Waals surface area (Å²) in [4.78, 5) is 14.6. The predicted molar refractivity (Wildman–Crippen MR) is 132 cm³/mol. The molecule has 35 heavy (non-hydrogen) atoms. The molecule has 1 amide bonds. The van der Waals surface area contributed by atoms with Crippen LogP contribution in [0.15, 0.2) is 42.5 Å². The van der Waals surface area contributed by atoms with Crippen LogP contribution in [0.4, 0.5) is 9.18 Å². The second kappa shape index (κ2) is 9.26. The topological polar surface area (TPSA) is 60.2 Å². The molecule has 0 bridgehead atoms. The Bertz CT molecular complexity index is 1230. The molecular weight excluding hydrogens is 467 g/mol. The number of hydrogen-bond donors (Lipinski definition) is 0. The summed E-state index contributed by atoms with van der Waals surface area (Å²) in [6.45, 7) is 6.26. The summed E-state index contributed by atoms with van der Waals surface area (Å²) in [5.41, 5.74) is 2.49. The molecule has 0 atom stereocenters. The van der Waals surface area contributed by atoms with Crippen LogP contribution in [0.2, 0.25) is 5.02 Å². The van der Waals surface area contributed by atoms with Crippen molar-refractivity contribution in [1.82, 2.24) is 19.7 Å². The lowest BCUT2D eigenvalue weighted by molar-refractivity contribution is 0.0214. The average molecular weight is 497 g/mol. The first kappa shape index (κ1) is 23.8. The zero-order chi connectivity index (χ0) is 24.7. The van der Waals surface area contributed by atoms with E-state index in [1.165, 1.54) is 17.7 Å². The highest BCUT2D eigenvalue weighted by atomic mass is 35.5. The van der Waals surface area contributed by atoms with Crippen LogP contribution in [-0.2, 0) is 17.8 Å². The van der Waals surface area contributed by atoms with Crippen molar-refractivity contribution in [2.45, 2.75) is 77.0 Å². The van der Waals surface area contributed by atoms with Crippen molar-refractivity contribution in [3.8, 4) is 5.69 Å². The number of rotatable bonds is 2. The van der Waals surface area contributed by atoms with Gasteiger partial charge in [-0.25, -0.2) is 9.18 Å². The summed E-state index contributed by atoms with van der Waals surface area (Å²) in [5.74, 6) is 2.12. The smallest absolute Gasteiger partial charge is 0.411 e. The number of carbonyl (C=O) groups excluding carboxylic acids is 1. The standard InChI is InChI=1S/C27H30ClFN4O2/c1-27(2,3)35-26(34)32-15-20-14-21(28)10-13-23(20)33-24(16-32)30-31-25(33)19-6-4-17(5-7-19)18-8-11-22(29)12-9-18/h8-14,17,19H,4-7,15-16H2,1-3H3. The van der Waals surface area contributed by atoms with Gasteiger partial charge in [0.1, 0.15) is 17.2 Å². The second-order valence-electron chi connectivity index (χ2n) is 10.5. The second-order valence-corrected chi connectivity index (χ2v) is 11.0. The molecule has 0 unspecified atom stereocenters. The lowest BCUT2D eigenvalue weighted by Gasteiger charge is -2.28.